The van der Waals surface area contributed by atoms with E-state index in [9.17, 15) is 13.2 Å². The molecule has 0 saturated carbocycles. The summed E-state index contributed by atoms with van der Waals surface area (Å²) in [5, 5.41) is 0. The van der Waals surface area contributed by atoms with Crippen molar-refractivity contribution in [2.24, 2.45) is 0 Å². The maximum atomic E-state index is 14.8. The number of aryl methyl sites for hydroxylation is 1. The van der Waals surface area contributed by atoms with Crippen molar-refractivity contribution >= 4 is 0 Å². The van der Waals surface area contributed by atoms with Crippen molar-refractivity contribution in [1.82, 2.24) is 0 Å². The Hall–Kier alpha value is -3.73. The molecule has 0 aliphatic carbocycles. The van der Waals surface area contributed by atoms with Crippen LogP contribution in [0.4, 0.5) is 13.2 Å². The van der Waals surface area contributed by atoms with E-state index in [1.54, 1.807) is 42.5 Å². The highest BCUT2D eigenvalue weighted by molar-refractivity contribution is 5.66. The van der Waals surface area contributed by atoms with Gasteiger partial charge in [-0.3, -0.25) is 0 Å². The SMILES string of the molecule is CCCc1ccc(-c2ccc(COc3ccc(-c4ccc(OCC)cc4F)cc3)c(F)c2F)cc1. The lowest BCUT2D eigenvalue weighted by Gasteiger charge is -2.12. The summed E-state index contributed by atoms with van der Waals surface area (Å²) in [4.78, 5) is 0. The Morgan fingerprint density at radius 3 is 1.91 bits per heavy atom. The first-order valence-corrected chi connectivity index (χ1v) is 11.7. The molecule has 4 aromatic rings. The molecule has 0 atom stereocenters. The molecule has 4 rings (SSSR count). The smallest absolute Gasteiger partial charge is 0.167 e. The molecule has 0 bridgehead atoms. The lowest BCUT2D eigenvalue weighted by atomic mass is 10.0. The summed E-state index contributed by atoms with van der Waals surface area (Å²) in [5.41, 5.74) is 3.24. The summed E-state index contributed by atoms with van der Waals surface area (Å²) < 4.78 is 55.0. The third-order valence-electron chi connectivity index (χ3n) is 5.78. The molecule has 0 heterocycles. The highest BCUT2D eigenvalue weighted by atomic mass is 19.2. The zero-order valence-corrected chi connectivity index (χ0v) is 19.8. The van der Waals surface area contributed by atoms with E-state index in [0.717, 1.165) is 12.8 Å². The zero-order chi connectivity index (χ0) is 24.8. The van der Waals surface area contributed by atoms with Crippen LogP contribution in [0, 0.1) is 17.5 Å². The van der Waals surface area contributed by atoms with Crippen LogP contribution in [0.3, 0.4) is 0 Å². The molecular weight excluding hydrogens is 449 g/mol. The Bertz CT molecular complexity index is 1280. The highest BCUT2D eigenvalue weighted by Crippen LogP contribution is 2.30. The predicted octanol–water partition coefficient (Wildman–Crippen LogP) is 8.37. The van der Waals surface area contributed by atoms with E-state index < -0.39 is 11.6 Å². The van der Waals surface area contributed by atoms with Crippen molar-refractivity contribution in [2.45, 2.75) is 33.3 Å². The molecule has 0 aliphatic rings. The largest absolute Gasteiger partial charge is 0.494 e. The van der Waals surface area contributed by atoms with Crippen molar-refractivity contribution in [2.75, 3.05) is 6.61 Å². The van der Waals surface area contributed by atoms with Crippen LogP contribution in [0.25, 0.3) is 22.3 Å². The first kappa shape index (κ1) is 24.4. The number of hydrogen-bond donors (Lipinski definition) is 0. The lowest BCUT2D eigenvalue weighted by molar-refractivity contribution is 0.297. The third kappa shape index (κ3) is 5.68. The molecule has 0 unspecified atom stereocenters. The molecular formula is C30H27F3O2. The second-order valence-corrected chi connectivity index (χ2v) is 8.23. The number of rotatable bonds is 9. The molecule has 0 N–H and O–H groups in total. The monoisotopic (exact) mass is 476 g/mol. The second kappa shape index (κ2) is 11.1. The molecule has 0 fully saturated rings. The van der Waals surface area contributed by atoms with E-state index in [1.807, 2.05) is 31.2 Å². The lowest BCUT2D eigenvalue weighted by Crippen LogP contribution is -2.02. The van der Waals surface area contributed by atoms with Crippen molar-refractivity contribution in [1.29, 1.82) is 0 Å². The van der Waals surface area contributed by atoms with Gasteiger partial charge >= 0.3 is 0 Å². The number of halogens is 3. The van der Waals surface area contributed by atoms with Gasteiger partial charge in [0.1, 0.15) is 23.9 Å². The van der Waals surface area contributed by atoms with Crippen molar-refractivity contribution < 1.29 is 22.6 Å². The Morgan fingerprint density at radius 2 is 1.26 bits per heavy atom. The van der Waals surface area contributed by atoms with Gasteiger partial charge in [-0.1, -0.05) is 61.9 Å². The van der Waals surface area contributed by atoms with Gasteiger partial charge in [0.05, 0.1) is 6.61 Å². The van der Waals surface area contributed by atoms with Crippen LogP contribution in [0.2, 0.25) is 0 Å². The van der Waals surface area contributed by atoms with E-state index >= 15 is 0 Å². The number of ether oxygens (including phenoxy) is 2. The van der Waals surface area contributed by atoms with Crippen LogP contribution in [0.1, 0.15) is 31.4 Å². The van der Waals surface area contributed by atoms with Gasteiger partial charge in [0.15, 0.2) is 11.6 Å². The van der Waals surface area contributed by atoms with Crippen LogP contribution in [-0.4, -0.2) is 6.61 Å². The minimum Gasteiger partial charge on any atom is -0.494 e. The van der Waals surface area contributed by atoms with E-state index in [1.165, 1.54) is 17.7 Å². The molecule has 180 valence electrons. The molecule has 0 spiro atoms. The molecule has 35 heavy (non-hydrogen) atoms. The minimum atomic E-state index is -0.923. The number of benzene rings is 4. The Kier molecular flexibility index (Phi) is 7.76. The normalized spacial score (nSPS) is 10.9. The summed E-state index contributed by atoms with van der Waals surface area (Å²) >= 11 is 0. The molecule has 2 nitrogen and oxygen atoms in total. The first-order chi connectivity index (χ1) is 17.0. The molecule has 0 radical (unpaired) electrons. The third-order valence-corrected chi connectivity index (χ3v) is 5.78. The maximum Gasteiger partial charge on any atom is 0.167 e. The Balaban J connectivity index is 1.44. The molecule has 0 aliphatic heterocycles. The predicted molar refractivity (Wildman–Crippen MR) is 133 cm³/mol. The fourth-order valence-corrected chi connectivity index (χ4v) is 3.94. The number of hydrogen-bond acceptors (Lipinski definition) is 2. The summed E-state index contributed by atoms with van der Waals surface area (Å²) in [6, 6.07) is 22.1. The summed E-state index contributed by atoms with van der Waals surface area (Å²) in [5.74, 6) is -1.26. The van der Waals surface area contributed by atoms with E-state index in [0.29, 0.717) is 34.8 Å². The van der Waals surface area contributed by atoms with Crippen LogP contribution in [0.5, 0.6) is 11.5 Å². The fourth-order valence-electron chi connectivity index (χ4n) is 3.94. The minimum absolute atomic E-state index is 0.121. The maximum absolute atomic E-state index is 14.8. The van der Waals surface area contributed by atoms with E-state index in [2.05, 4.69) is 6.92 Å². The van der Waals surface area contributed by atoms with E-state index in [-0.39, 0.29) is 23.6 Å². The average Bonchev–Trinajstić information content (AvgIpc) is 2.87. The topological polar surface area (TPSA) is 18.5 Å². The molecule has 5 heteroatoms. The van der Waals surface area contributed by atoms with Gasteiger partial charge < -0.3 is 9.47 Å². The summed E-state index contributed by atoms with van der Waals surface area (Å²) in [6.45, 7) is 4.27. The van der Waals surface area contributed by atoms with Crippen molar-refractivity contribution in [3.05, 3.63) is 107 Å². The van der Waals surface area contributed by atoms with Gasteiger partial charge in [-0.2, -0.15) is 0 Å². The van der Waals surface area contributed by atoms with Gasteiger partial charge in [-0.05, 0) is 54.3 Å². The zero-order valence-electron chi connectivity index (χ0n) is 19.8. The van der Waals surface area contributed by atoms with Crippen LogP contribution < -0.4 is 9.47 Å². The highest BCUT2D eigenvalue weighted by Gasteiger charge is 2.15. The van der Waals surface area contributed by atoms with Gasteiger partial charge in [0.2, 0.25) is 0 Å². The second-order valence-electron chi connectivity index (χ2n) is 8.23. The summed E-state index contributed by atoms with van der Waals surface area (Å²) in [6.07, 6.45) is 1.97. The van der Waals surface area contributed by atoms with Crippen LogP contribution in [-0.2, 0) is 13.0 Å². The van der Waals surface area contributed by atoms with Gasteiger partial charge in [0, 0.05) is 22.8 Å². The standard InChI is InChI=1S/C30H27F3O2/c1-3-5-20-6-8-22(9-7-20)27-16-12-23(29(32)30(27)33)19-35-24-13-10-21(11-14-24)26-17-15-25(34-4-2)18-28(26)31/h6-18H,3-5,19H2,1-2H3. The molecule has 0 amide bonds. The van der Waals surface area contributed by atoms with Crippen molar-refractivity contribution in [3.8, 4) is 33.8 Å². The molecule has 0 saturated heterocycles. The van der Waals surface area contributed by atoms with Crippen LogP contribution in [0.15, 0.2) is 78.9 Å². The van der Waals surface area contributed by atoms with Crippen LogP contribution >= 0.6 is 0 Å². The van der Waals surface area contributed by atoms with Gasteiger partial charge in [-0.15, -0.1) is 0 Å². The molecule has 0 aromatic heterocycles. The Labute approximate surface area is 204 Å². The molecule has 4 aromatic carbocycles. The van der Waals surface area contributed by atoms with Gasteiger partial charge in [-0.25, -0.2) is 13.2 Å². The first-order valence-electron chi connectivity index (χ1n) is 11.7. The fraction of sp³-hybridized carbons (Fsp3) is 0.200. The van der Waals surface area contributed by atoms with Crippen molar-refractivity contribution in [3.63, 3.8) is 0 Å². The average molecular weight is 477 g/mol. The Morgan fingerprint density at radius 1 is 0.629 bits per heavy atom. The summed E-state index contributed by atoms with van der Waals surface area (Å²) in [7, 11) is 0. The van der Waals surface area contributed by atoms with E-state index in [4.69, 9.17) is 9.47 Å². The van der Waals surface area contributed by atoms with Gasteiger partial charge in [0.25, 0.3) is 0 Å². The quantitative estimate of drug-likeness (QED) is 0.242.